The molecule has 0 spiro atoms. The minimum Gasteiger partial charge on any atom is -0.337 e. The van der Waals surface area contributed by atoms with Crippen LogP contribution in [0, 0.1) is 0 Å². The normalized spacial score (nSPS) is 21.2. The van der Waals surface area contributed by atoms with Crippen molar-refractivity contribution in [1.82, 2.24) is 9.21 Å². The minimum absolute atomic E-state index is 0.0680. The van der Waals surface area contributed by atoms with E-state index in [0.717, 1.165) is 12.8 Å². The van der Waals surface area contributed by atoms with Crippen LogP contribution >= 0.6 is 11.6 Å². The molecule has 1 aliphatic heterocycles. The number of halogens is 1. The molecule has 1 heterocycles. The number of nitrogens with zero attached hydrogens (tertiary/aromatic N) is 2. The number of carbonyl (C=O) groups is 1. The zero-order valence-corrected chi connectivity index (χ0v) is 12.4. The summed E-state index contributed by atoms with van der Waals surface area (Å²) >= 11 is 5.76. The van der Waals surface area contributed by atoms with E-state index in [0.29, 0.717) is 24.2 Å². The third-order valence-electron chi connectivity index (χ3n) is 3.66. The van der Waals surface area contributed by atoms with Crippen molar-refractivity contribution < 1.29 is 13.2 Å². The van der Waals surface area contributed by atoms with Crippen molar-refractivity contribution in [2.75, 3.05) is 19.6 Å². The quantitative estimate of drug-likeness (QED) is 0.846. The second-order valence-electron chi connectivity index (χ2n) is 5.11. The highest BCUT2D eigenvalue weighted by Crippen LogP contribution is 2.29. The van der Waals surface area contributed by atoms with Gasteiger partial charge in [0.25, 0.3) is 0 Å². The third-order valence-corrected chi connectivity index (χ3v) is 5.77. The van der Waals surface area contributed by atoms with Crippen molar-refractivity contribution in [3.05, 3.63) is 29.3 Å². The summed E-state index contributed by atoms with van der Waals surface area (Å²) in [6.45, 7) is 0.769. The molecule has 0 N–H and O–H groups in total. The largest absolute Gasteiger partial charge is 0.337 e. The Morgan fingerprint density at radius 2 is 1.75 bits per heavy atom. The Morgan fingerprint density at radius 1 is 1.10 bits per heavy atom. The number of carbonyl (C=O) groups excluding carboxylic acids is 1. The first-order valence-corrected chi connectivity index (χ1v) is 8.35. The molecule has 3 rings (SSSR count). The molecule has 7 heteroatoms. The first-order valence-electron chi connectivity index (χ1n) is 6.54. The van der Waals surface area contributed by atoms with Crippen molar-refractivity contribution in [3.63, 3.8) is 0 Å². The summed E-state index contributed by atoms with van der Waals surface area (Å²) in [5.74, 6) is -0.101. The van der Waals surface area contributed by atoms with Crippen LogP contribution in [0.4, 0.5) is 0 Å². The van der Waals surface area contributed by atoms with Gasteiger partial charge in [-0.05, 0) is 37.1 Å². The standard InChI is InChI=1S/C13H15ClN2O3S/c14-10-1-5-12(6-2-10)20(18,19)15-7-8-16(11-3-4-11)13(17)9-15/h1-2,5-6,11H,3-4,7-9H2. The molecule has 1 aromatic rings. The van der Waals surface area contributed by atoms with Crippen LogP contribution in [-0.2, 0) is 14.8 Å². The van der Waals surface area contributed by atoms with Gasteiger partial charge in [-0.25, -0.2) is 8.42 Å². The van der Waals surface area contributed by atoms with E-state index in [1.807, 2.05) is 0 Å². The highest BCUT2D eigenvalue weighted by Gasteiger charge is 2.39. The van der Waals surface area contributed by atoms with Crippen molar-refractivity contribution in [1.29, 1.82) is 0 Å². The first kappa shape index (κ1) is 13.9. The monoisotopic (exact) mass is 314 g/mol. The fraction of sp³-hybridized carbons (Fsp3) is 0.462. The van der Waals surface area contributed by atoms with Crippen molar-refractivity contribution in [2.24, 2.45) is 0 Å². The van der Waals surface area contributed by atoms with Gasteiger partial charge >= 0.3 is 0 Å². The average Bonchev–Trinajstić information content (AvgIpc) is 3.23. The van der Waals surface area contributed by atoms with Crippen LogP contribution in [0.3, 0.4) is 0 Å². The lowest BCUT2D eigenvalue weighted by molar-refractivity contribution is -0.134. The summed E-state index contributed by atoms with van der Waals surface area (Å²) < 4.78 is 26.1. The van der Waals surface area contributed by atoms with Gasteiger partial charge in [-0.15, -0.1) is 0 Å². The molecule has 2 aliphatic rings. The third kappa shape index (κ3) is 2.55. The van der Waals surface area contributed by atoms with Gasteiger partial charge < -0.3 is 4.90 Å². The van der Waals surface area contributed by atoms with Gasteiger partial charge in [-0.1, -0.05) is 11.6 Å². The van der Waals surface area contributed by atoms with Crippen LogP contribution in [0.25, 0.3) is 0 Å². The van der Waals surface area contributed by atoms with Gasteiger partial charge in [0.15, 0.2) is 0 Å². The van der Waals surface area contributed by atoms with Crippen LogP contribution < -0.4 is 0 Å². The van der Waals surface area contributed by atoms with Crippen LogP contribution in [0.15, 0.2) is 29.2 Å². The molecule has 1 saturated heterocycles. The Kier molecular flexibility index (Phi) is 3.48. The Morgan fingerprint density at radius 3 is 2.30 bits per heavy atom. The molecule has 0 atom stereocenters. The average molecular weight is 315 g/mol. The summed E-state index contributed by atoms with van der Waals surface area (Å²) in [6.07, 6.45) is 2.07. The fourth-order valence-corrected chi connectivity index (χ4v) is 3.90. The SMILES string of the molecule is O=C1CN(S(=O)(=O)c2ccc(Cl)cc2)CCN1C1CC1. The fourth-order valence-electron chi connectivity index (χ4n) is 2.40. The second-order valence-corrected chi connectivity index (χ2v) is 7.49. The van der Waals surface area contributed by atoms with Gasteiger partial charge in [0.1, 0.15) is 0 Å². The number of benzene rings is 1. The molecular weight excluding hydrogens is 300 g/mol. The summed E-state index contributed by atoms with van der Waals surface area (Å²) in [4.78, 5) is 14.0. The van der Waals surface area contributed by atoms with Crippen LogP contribution in [-0.4, -0.2) is 49.2 Å². The Labute approximate surface area is 123 Å². The van der Waals surface area contributed by atoms with E-state index in [2.05, 4.69) is 0 Å². The maximum Gasteiger partial charge on any atom is 0.243 e. The molecule has 5 nitrogen and oxygen atoms in total. The van der Waals surface area contributed by atoms with E-state index in [1.54, 1.807) is 4.90 Å². The van der Waals surface area contributed by atoms with Crippen molar-refractivity contribution >= 4 is 27.5 Å². The van der Waals surface area contributed by atoms with Crippen LogP contribution in [0.5, 0.6) is 0 Å². The Hall–Kier alpha value is -1.11. The maximum absolute atomic E-state index is 12.4. The molecule has 0 bridgehead atoms. The van der Waals surface area contributed by atoms with Crippen molar-refractivity contribution in [3.8, 4) is 0 Å². The maximum atomic E-state index is 12.4. The zero-order chi connectivity index (χ0) is 14.3. The number of piperazine rings is 1. The molecule has 1 aliphatic carbocycles. The molecule has 1 saturated carbocycles. The van der Waals surface area contributed by atoms with Gasteiger partial charge in [0.2, 0.25) is 15.9 Å². The molecule has 0 unspecified atom stereocenters. The first-order chi connectivity index (χ1) is 9.48. The van der Waals surface area contributed by atoms with E-state index < -0.39 is 10.0 Å². The number of hydrogen-bond donors (Lipinski definition) is 0. The van der Waals surface area contributed by atoms with E-state index in [9.17, 15) is 13.2 Å². The molecule has 108 valence electrons. The van der Waals surface area contributed by atoms with E-state index in [4.69, 9.17) is 11.6 Å². The van der Waals surface area contributed by atoms with Gasteiger partial charge in [-0.3, -0.25) is 4.79 Å². The van der Waals surface area contributed by atoms with Crippen LogP contribution in [0.1, 0.15) is 12.8 Å². The second kappa shape index (κ2) is 5.02. The lowest BCUT2D eigenvalue weighted by Gasteiger charge is -2.33. The number of hydrogen-bond acceptors (Lipinski definition) is 3. The van der Waals surface area contributed by atoms with Gasteiger partial charge in [0.05, 0.1) is 11.4 Å². The summed E-state index contributed by atoms with van der Waals surface area (Å²) in [5.41, 5.74) is 0. The molecule has 0 radical (unpaired) electrons. The summed E-state index contributed by atoms with van der Waals surface area (Å²) in [7, 11) is -3.61. The molecule has 1 amide bonds. The highest BCUT2D eigenvalue weighted by molar-refractivity contribution is 7.89. The number of amides is 1. The van der Waals surface area contributed by atoms with E-state index >= 15 is 0 Å². The lowest BCUT2D eigenvalue weighted by Crippen LogP contribution is -2.52. The van der Waals surface area contributed by atoms with E-state index in [-0.39, 0.29) is 17.3 Å². The Bertz CT molecular complexity index is 626. The lowest BCUT2D eigenvalue weighted by atomic mass is 10.3. The van der Waals surface area contributed by atoms with Gasteiger partial charge in [-0.2, -0.15) is 4.31 Å². The minimum atomic E-state index is -3.61. The van der Waals surface area contributed by atoms with E-state index in [1.165, 1.54) is 28.6 Å². The molecule has 0 aromatic heterocycles. The van der Waals surface area contributed by atoms with Crippen LogP contribution in [0.2, 0.25) is 5.02 Å². The zero-order valence-electron chi connectivity index (χ0n) is 10.8. The summed E-state index contributed by atoms with van der Waals surface area (Å²) in [6, 6.07) is 6.35. The number of rotatable bonds is 3. The Balaban J connectivity index is 1.78. The topological polar surface area (TPSA) is 57.7 Å². The highest BCUT2D eigenvalue weighted by atomic mass is 35.5. The molecule has 2 fully saturated rings. The number of sulfonamides is 1. The predicted octanol–water partition coefficient (Wildman–Crippen LogP) is 1.34. The smallest absolute Gasteiger partial charge is 0.243 e. The van der Waals surface area contributed by atoms with Gasteiger partial charge in [0, 0.05) is 24.2 Å². The molecule has 1 aromatic carbocycles. The molecular formula is C13H15ClN2O3S. The predicted molar refractivity (Wildman–Crippen MR) is 74.9 cm³/mol. The summed E-state index contributed by atoms with van der Waals surface area (Å²) in [5, 5.41) is 0.485. The van der Waals surface area contributed by atoms with Crippen molar-refractivity contribution in [2.45, 2.75) is 23.8 Å². The molecule has 20 heavy (non-hydrogen) atoms.